The molecule has 16 heavy (non-hydrogen) atoms. The molecule has 1 aromatic heterocycles. The predicted octanol–water partition coefficient (Wildman–Crippen LogP) is 3.26. The van der Waals surface area contributed by atoms with E-state index in [0.29, 0.717) is 5.82 Å². The van der Waals surface area contributed by atoms with Crippen molar-refractivity contribution in [2.75, 3.05) is 5.73 Å². The molecule has 0 spiro atoms. The maximum atomic E-state index is 5.71. The highest BCUT2D eigenvalue weighted by molar-refractivity contribution is 5.69. The summed E-state index contributed by atoms with van der Waals surface area (Å²) in [5.74, 6) is 0.567. The van der Waals surface area contributed by atoms with Gasteiger partial charge in [0.2, 0.25) is 0 Å². The van der Waals surface area contributed by atoms with Gasteiger partial charge in [0, 0.05) is 5.56 Å². The number of anilines is 1. The van der Waals surface area contributed by atoms with Gasteiger partial charge < -0.3 is 5.73 Å². The van der Waals surface area contributed by atoms with E-state index in [1.807, 2.05) is 18.2 Å². The topological polar surface area (TPSA) is 38.9 Å². The number of hydrogen-bond acceptors (Lipinski definition) is 2. The van der Waals surface area contributed by atoms with Gasteiger partial charge in [-0.1, -0.05) is 23.8 Å². The van der Waals surface area contributed by atoms with E-state index >= 15 is 0 Å². The molecule has 0 fully saturated rings. The minimum atomic E-state index is 0.567. The van der Waals surface area contributed by atoms with Crippen LogP contribution in [0.2, 0.25) is 0 Å². The van der Waals surface area contributed by atoms with Gasteiger partial charge >= 0.3 is 0 Å². The third kappa shape index (κ3) is 1.91. The average molecular weight is 212 g/mol. The van der Waals surface area contributed by atoms with Crippen molar-refractivity contribution in [1.82, 2.24) is 4.98 Å². The molecule has 1 aromatic carbocycles. The molecule has 0 aliphatic rings. The molecule has 82 valence electrons. The number of benzene rings is 1. The first kappa shape index (κ1) is 10.7. The fourth-order valence-corrected chi connectivity index (χ4v) is 2.17. The summed E-state index contributed by atoms with van der Waals surface area (Å²) >= 11 is 0. The molecule has 0 aliphatic carbocycles. The average Bonchev–Trinajstić information content (AvgIpc) is 2.15. The highest BCUT2D eigenvalue weighted by atomic mass is 14.8. The van der Waals surface area contributed by atoms with Gasteiger partial charge in [-0.15, -0.1) is 0 Å². The predicted molar refractivity (Wildman–Crippen MR) is 68.3 cm³/mol. The Bertz CT molecular complexity index is 507. The Labute approximate surface area is 96.1 Å². The summed E-state index contributed by atoms with van der Waals surface area (Å²) in [6.07, 6.45) is 0. The van der Waals surface area contributed by atoms with Gasteiger partial charge in [-0.05, 0) is 44.0 Å². The van der Waals surface area contributed by atoms with Crippen molar-refractivity contribution in [1.29, 1.82) is 0 Å². The van der Waals surface area contributed by atoms with Gasteiger partial charge in [0.05, 0.1) is 5.69 Å². The fourth-order valence-electron chi connectivity index (χ4n) is 2.17. The van der Waals surface area contributed by atoms with Crippen molar-refractivity contribution < 1.29 is 0 Å². The van der Waals surface area contributed by atoms with Crippen molar-refractivity contribution in [3.8, 4) is 11.3 Å². The van der Waals surface area contributed by atoms with Crippen LogP contribution in [-0.2, 0) is 0 Å². The summed E-state index contributed by atoms with van der Waals surface area (Å²) in [5, 5.41) is 0. The maximum absolute atomic E-state index is 5.71. The molecule has 0 atom stereocenters. The molecular weight excluding hydrogens is 196 g/mol. The molecule has 2 rings (SSSR count). The Kier molecular flexibility index (Phi) is 2.65. The van der Waals surface area contributed by atoms with Crippen molar-refractivity contribution in [3.63, 3.8) is 0 Å². The van der Waals surface area contributed by atoms with E-state index in [2.05, 4.69) is 37.9 Å². The van der Waals surface area contributed by atoms with Crippen LogP contribution >= 0.6 is 0 Å². The number of rotatable bonds is 1. The third-order valence-corrected chi connectivity index (χ3v) is 2.70. The van der Waals surface area contributed by atoms with Crippen LogP contribution < -0.4 is 5.73 Å². The minimum absolute atomic E-state index is 0.567. The molecule has 0 unspecified atom stereocenters. The second-order valence-corrected chi connectivity index (χ2v) is 4.22. The lowest BCUT2D eigenvalue weighted by molar-refractivity contribution is 1.27. The Morgan fingerprint density at radius 3 is 2.19 bits per heavy atom. The Hall–Kier alpha value is -1.83. The molecule has 0 bridgehead atoms. The van der Waals surface area contributed by atoms with Crippen molar-refractivity contribution in [3.05, 3.63) is 47.0 Å². The second kappa shape index (κ2) is 3.97. The van der Waals surface area contributed by atoms with E-state index < -0.39 is 0 Å². The summed E-state index contributed by atoms with van der Waals surface area (Å²) in [6, 6.07) is 10.1. The monoisotopic (exact) mass is 212 g/mol. The van der Waals surface area contributed by atoms with Gasteiger partial charge in [0.15, 0.2) is 0 Å². The van der Waals surface area contributed by atoms with E-state index in [9.17, 15) is 0 Å². The van der Waals surface area contributed by atoms with Gasteiger partial charge in [-0.2, -0.15) is 0 Å². The number of nitrogens with zero attached hydrogens (tertiary/aromatic N) is 1. The molecule has 0 amide bonds. The first-order valence-electron chi connectivity index (χ1n) is 5.38. The third-order valence-electron chi connectivity index (χ3n) is 2.70. The highest BCUT2D eigenvalue weighted by Crippen LogP contribution is 2.27. The van der Waals surface area contributed by atoms with Crippen LogP contribution in [0.1, 0.15) is 16.7 Å². The van der Waals surface area contributed by atoms with Crippen molar-refractivity contribution in [2.45, 2.75) is 20.8 Å². The number of nitrogen functional groups attached to an aromatic ring is 1. The minimum Gasteiger partial charge on any atom is -0.384 e. The zero-order chi connectivity index (χ0) is 11.7. The van der Waals surface area contributed by atoms with Crippen LogP contribution in [0.5, 0.6) is 0 Å². The molecule has 2 N–H and O–H groups in total. The lowest BCUT2D eigenvalue weighted by Gasteiger charge is -2.11. The van der Waals surface area contributed by atoms with Crippen LogP contribution in [0.15, 0.2) is 30.3 Å². The summed E-state index contributed by atoms with van der Waals surface area (Å²) in [5.41, 5.74) is 11.6. The van der Waals surface area contributed by atoms with Crippen LogP contribution in [0.4, 0.5) is 5.82 Å². The standard InChI is InChI=1S/C14H16N2/c1-9-7-10(2)14(11(3)8-9)12-5-4-6-13(15)16-12/h4-8H,1-3H3,(H2,15,16). The maximum Gasteiger partial charge on any atom is 0.124 e. The first-order chi connectivity index (χ1) is 7.58. The van der Waals surface area contributed by atoms with Crippen LogP contribution in [0.3, 0.4) is 0 Å². The summed E-state index contributed by atoms with van der Waals surface area (Å²) in [6.45, 7) is 6.33. The van der Waals surface area contributed by atoms with Gasteiger partial charge in [0.1, 0.15) is 5.82 Å². The van der Waals surface area contributed by atoms with E-state index in [-0.39, 0.29) is 0 Å². The normalized spacial score (nSPS) is 10.4. The van der Waals surface area contributed by atoms with Crippen LogP contribution in [0.25, 0.3) is 11.3 Å². The lowest BCUT2D eigenvalue weighted by atomic mass is 9.97. The number of pyridine rings is 1. The number of hydrogen-bond donors (Lipinski definition) is 1. The second-order valence-electron chi connectivity index (χ2n) is 4.22. The molecule has 0 radical (unpaired) electrons. The SMILES string of the molecule is Cc1cc(C)c(-c2cccc(N)n2)c(C)c1. The number of aryl methyl sites for hydroxylation is 3. The van der Waals surface area contributed by atoms with E-state index in [0.717, 1.165) is 5.69 Å². The van der Waals surface area contributed by atoms with Gasteiger partial charge in [-0.25, -0.2) is 4.98 Å². The van der Waals surface area contributed by atoms with E-state index in [1.165, 1.54) is 22.3 Å². The quantitative estimate of drug-likeness (QED) is 0.788. The molecule has 1 heterocycles. The fraction of sp³-hybridized carbons (Fsp3) is 0.214. The Balaban J connectivity index is 2.64. The number of aromatic nitrogens is 1. The smallest absolute Gasteiger partial charge is 0.124 e. The molecule has 2 heteroatoms. The number of nitrogens with two attached hydrogens (primary N) is 1. The summed E-state index contributed by atoms with van der Waals surface area (Å²) in [7, 11) is 0. The largest absolute Gasteiger partial charge is 0.384 e. The summed E-state index contributed by atoms with van der Waals surface area (Å²) < 4.78 is 0. The lowest BCUT2D eigenvalue weighted by Crippen LogP contribution is -1.95. The van der Waals surface area contributed by atoms with Crippen LogP contribution in [-0.4, -0.2) is 4.98 Å². The van der Waals surface area contributed by atoms with Crippen molar-refractivity contribution in [2.24, 2.45) is 0 Å². The van der Waals surface area contributed by atoms with Gasteiger partial charge in [0.25, 0.3) is 0 Å². The zero-order valence-electron chi connectivity index (χ0n) is 9.91. The zero-order valence-corrected chi connectivity index (χ0v) is 9.91. The van der Waals surface area contributed by atoms with E-state index in [1.54, 1.807) is 0 Å². The molecule has 2 aromatic rings. The first-order valence-corrected chi connectivity index (χ1v) is 5.38. The highest BCUT2D eigenvalue weighted by Gasteiger charge is 2.07. The molecule has 0 saturated carbocycles. The van der Waals surface area contributed by atoms with Crippen LogP contribution in [0, 0.1) is 20.8 Å². The molecule has 2 nitrogen and oxygen atoms in total. The summed E-state index contributed by atoms with van der Waals surface area (Å²) in [4.78, 5) is 4.37. The molecular formula is C14H16N2. The Morgan fingerprint density at radius 1 is 1.00 bits per heavy atom. The van der Waals surface area contributed by atoms with E-state index in [4.69, 9.17) is 5.73 Å². The molecule has 0 saturated heterocycles. The van der Waals surface area contributed by atoms with Crippen molar-refractivity contribution >= 4 is 5.82 Å². The Morgan fingerprint density at radius 2 is 1.62 bits per heavy atom. The van der Waals surface area contributed by atoms with Gasteiger partial charge in [-0.3, -0.25) is 0 Å². The molecule has 0 aliphatic heterocycles.